The van der Waals surface area contributed by atoms with Crippen LogP contribution in [0.2, 0.25) is 4.34 Å². The SMILES string of the molecule is CN(Cc1ccc2c(c1)OCO2)C(=O)CCC(=O)c1ccc(Cl)s1. The molecule has 1 aromatic heterocycles. The zero-order valence-corrected chi connectivity index (χ0v) is 14.7. The highest BCUT2D eigenvalue weighted by Crippen LogP contribution is 2.32. The fraction of sp³-hybridized carbons (Fsp3) is 0.294. The highest BCUT2D eigenvalue weighted by molar-refractivity contribution is 7.18. The van der Waals surface area contributed by atoms with E-state index in [-0.39, 0.29) is 31.3 Å². The van der Waals surface area contributed by atoms with Gasteiger partial charge in [0.25, 0.3) is 0 Å². The summed E-state index contributed by atoms with van der Waals surface area (Å²) in [7, 11) is 1.72. The van der Waals surface area contributed by atoms with Crippen molar-refractivity contribution in [1.29, 1.82) is 0 Å². The first-order valence-electron chi connectivity index (χ1n) is 7.44. The molecular weight excluding hydrogens is 350 g/mol. The van der Waals surface area contributed by atoms with Crippen LogP contribution in [-0.4, -0.2) is 30.4 Å². The molecule has 0 radical (unpaired) electrons. The predicted molar refractivity (Wildman–Crippen MR) is 91.9 cm³/mol. The second-order valence-electron chi connectivity index (χ2n) is 5.46. The molecule has 0 spiro atoms. The van der Waals surface area contributed by atoms with E-state index < -0.39 is 0 Å². The van der Waals surface area contributed by atoms with Gasteiger partial charge < -0.3 is 14.4 Å². The Kier molecular flexibility index (Phi) is 5.06. The molecule has 126 valence electrons. The van der Waals surface area contributed by atoms with Gasteiger partial charge in [0, 0.05) is 26.4 Å². The zero-order chi connectivity index (χ0) is 17.1. The van der Waals surface area contributed by atoms with Gasteiger partial charge in [-0.1, -0.05) is 17.7 Å². The number of nitrogens with zero attached hydrogens (tertiary/aromatic N) is 1. The van der Waals surface area contributed by atoms with Crippen LogP contribution < -0.4 is 9.47 Å². The van der Waals surface area contributed by atoms with Crippen LogP contribution in [0.5, 0.6) is 11.5 Å². The first-order chi connectivity index (χ1) is 11.5. The van der Waals surface area contributed by atoms with E-state index in [1.807, 2.05) is 18.2 Å². The maximum absolute atomic E-state index is 12.2. The van der Waals surface area contributed by atoms with Gasteiger partial charge in [0.1, 0.15) is 0 Å². The number of Topliss-reactive ketones (excluding diaryl/α,β-unsaturated/α-hetero) is 1. The number of halogens is 1. The van der Waals surface area contributed by atoms with Gasteiger partial charge >= 0.3 is 0 Å². The minimum atomic E-state index is -0.0799. The molecule has 1 aliphatic heterocycles. The second kappa shape index (κ2) is 7.23. The molecule has 1 amide bonds. The van der Waals surface area contributed by atoms with Gasteiger partial charge in [0.2, 0.25) is 12.7 Å². The molecule has 7 heteroatoms. The van der Waals surface area contributed by atoms with E-state index >= 15 is 0 Å². The Bertz CT molecular complexity index is 774. The average molecular weight is 366 g/mol. The van der Waals surface area contributed by atoms with Crippen molar-refractivity contribution in [2.45, 2.75) is 19.4 Å². The molecule has 0 fully saturated rings. The van der Waals surface area contributed by atoms with Crippen LogP contribution in [-0.2, 0) is 11.3 Å². The Balaban J connectivity index is 1.52. The molecule has 2 heterocycles. The largest absolute Gasteiger partial charge is 0.454 e. The first kappa shape index (κ1) is 16.8. The number of rotatable bonds is 6. The normalized spacial score (nSPS) is 12.2. The summed E-state index contributed by atoms with van der Waals surface area (Å²) in [5, 5.41) is 0. The van der Waals surface area contributed by atoms with Crippen LogP contribution in [0.1, 0.15) is 28.1 Å². The number of amides is 1. The van der Waals surface area contributed by atoms with Crippen LogP contribution in [0.25, 0.3) is 0 Å². The Morgan fingerprint density at radius 3 is 2.71 bits per heavy atom. The van der Waals surface area contributed by atoms with Crippen molar-refractivity contribution in [2.75, 3.05) is 13.8 Å². The van der Waals surface area contributed by atoms with E-state index in [4.69, 9.17) is 21.1 Å². The van der Waals surface area contributed by atoms with Crippen molar-refractivity contribution in [3.05, 3.63) is 45.1 Å². The summed E-state index contributed by atoms with van der Waals surface area (Å²) in [5.41, 5.74) is 0.950. The molecule has 24 heavy (non-hydrogen) atoms. The standard InChI is InChI=1S/C17H16ClNO4S/c1-19(9-11-2-4-13-14(8-11)23-10-22-13)17(21)7-3-12(20)15-5-6-16(18)24-15/h2,4-6,8H,3,7,9-10H2,1H3. The number of carbonyl (C=O) groups is 2. The second-order valence-corrected chi connectivity index (χ2v) is 7.18. The third-order valence-corrected chi connectivity index (χ3v) is 4.97. The van der Waals surface area contributed by atoms with Gasteiger partial charge in [0.15, 0.2) is 17.3 Å². The van der Waals surface area contributed by atoms with E-state index in [0.717, 1.165) is 5.56 Å². The molecule has 0 atom stereocenters. The molecule has 3 rings (SSSR count). The van der Waals surface area contributed by atoms with Crippen LogP contribution in [0, 0.1) is 0 Å². The Labute approximate surface area is 148 Å². The molecule has 1 aromatic carbocycles. The number of ether oxygens (including phenoxy) is 2. The van der Waals surface area contributed by atoms with Gasteiger partial charge in [-0.2, -0.15) is 0 Å². The van der Waals surface area contributed by atoms with Crippen molar-refractivity contribution in [3.8, 4) is 11.5 Å². The quantitative estimate of drug-likeness (QED) is 0.731. The summed E-state index contributed by atoms with van der Waals surface area (Å²) in [6.45, 7) is 0.677. The van der Waals surface area contributed by atoms with E-state index in [0.29, 0.717) is 27.3 Å². The monoisotopic (exact) mass is 365 g/mol. The minimum Gasteiger partial charge on any atom is -0.454 e. The Morgan fingerprint density at radius 1 is 1.17 bits per heavy atom. The number of fused-ring (bicyclic) bond motifs is 1. The number of hydrogen-bond acceptors (Lipinski definition) is 5. The number of carbonyl (C=O) groups excluding carboxylic acids is 2. The summed E-state index contributed by atoms with van der Waals surface area (Å²) in [4.78, 5) is 26.4. The van der Waals surface area contributed by atoms with E-state index in [1.54, 1.807) is 24.1 Å². The topological polar surface area (TPSA) is 55.8 Å². The van der Waals surface area contributed by atoms with Crippen molar-refractivity contribution in [2.24, 2.45) is 0 Å². The summed E-state index contributed by atoms with van der Waals surface area (Å²) >= 11 is 7.06. The van der Waals surface area contributed by atoms with Crippen LogP contribution in [0.4, 0.5) is 0 Å². The highest BCUT2D eigenvalue weighted by Gasteiger charge is 2.17. The third-order valence-electron chi connectivity index (χ3n) is 3.70. The lowest BCUT2D eigenvalue weighted by Gasteiger charge is -2.17. The molecule has 0 N–H and O–H groups in total. The van der Waals surface area contributed by atoms with E-state index in [9.17, 15) is 9.59 Å². The van der Waals surface area contributed by atoms with E-state index in [1.165, 1.54) is 11.3 Å². The molecule has 0 unspecified atom stereocenters. The summed E-state index contributed by atoms with van der Waals surface area (Å²) < 4.78 is 11.2. The molecule has 1 aliphatic rings. The van der Waals surface area contributed by atoms with Crippen LogP contribution >= 0.6 is 22.9 Å². The fourth-order valence-electron chi connectivity index (χ4n) is 2.40. The van der Waals surface area contributed by atoms with Gasteiger partial charge in [-0.3, -0.25) is 9.59 Å². The summed E-state index contributed by atoms with van der Waals surface area (Å²) in [6, 6.07) is 8.98. The molecule has 0 saturated carbocycles. The molecular formula is C17H16ClNO4S. The van der Waals surface area contributed by atoms with Gasteiger partial charge in [-0.25, -0.2) is 0 Å². The number of hydrogen-bond donors (Lipinski definition) is 0. The molecule has 5 nitrogen and oxygen atoms in total. The lowest BCUT2D eigenvalue weighted by atomic mass is 10.1. The zero-order valence-electron chi connectivity index (χ0n) is 13.1. The lowest BCUT2D eigenvalue weighted by Crippen LogP contribution is -2.26. The maximum atomic E-state index is 12.2. The van der Waals surface area contributed by atoms with Crippen molar-refractivity contribution in [3.63, 3.8) is 0 Å². The fourth-order valence-corrected chi connectivity index (χ4v) is 3.41. The van der Waals surface area contributed by atoms with Crippen molar-refractivity contribution < 1.29 is 19.1 Å². The Hall–Kier alpha value is -2.05. The maximum Gasteiger partial charge on any atom is 0.231 e. The van der Waals surface area contributed by atoms with Crippen molar-refractivity contribution in [1.82, 2.24) is 4.90 Å². The molecule has 0 bridgehead atoms. The summed E-state index contributed by atoms with van der Waals surface area (Å²) in [6.07, 6.45) is 0.358. The van der Waals surface area contributed by atoms with Gasteiger partial charge in [0.05, 0.1) is 9.21 Å². The molecule has 2 aromatic rings. The number of thiophene rings is 1. The van der Waals surface area contributed by atoms with Crippen LogP contribution in [0.15, 0.2) is 30.3 Å². The predicted octanol–water partition coefficient (Wildman–Crippen LogP) is 3.75. The minimum absolute atomic E-state index is 0.0586. The third kappa shape index (κ3) is 3.88. The first-order valence-corrected chi connectivity index (χ1v) is 8.63. The van der Waals surface area contributed by atoms with Crippen molar-refractivity contribution >= 4 is 34.6 Å². The van der Waals surface area contributed by atoms with Gasteiger partial charge in [-0.05, 0) is 29.8 Å². The highest BCUT2D eigenvalue weighted by atomic mass is 35.5. The van der Waals surface area contributed by atoms with E-state index in [2.05, 4.69) is 0 Å². The Morgan fingerprint density at radius 2 is 1.96 bits per heavy atom. The van der Waals surface area contributed by atoms with Crippen LogP contribution in [0.3, 0.4) is 0 Å². The lowest BCUT2D eigenvalue weighted by molar-refractivity contribution is -0.130. The van der Waals surface area contributed by atoms with Gasteiger partial charge in [-0.15, -0.1) is 11.3 Å². The number of benzene rings is 1. The molecule has 0 saturated heterocycles. The average Bonchev–Trinajstić information content (AvgIpc) is 3.20. The smallest absolute Gasteiger partial charge is 0.231 e. The number of ketones is 1. The molecule has 0 aliphatic carbocycles. The summed E-state index contributed by atoms with van der Waals surface area (Å²) in [5.74, 6) is 1.27.